The van der Waals surface area contributed by atoms with Crippen LogP contribution in [-0.2, 0) is 22.1 Å². The van der Waals surface area contributed by atoms with Crippen LogP contribution in [0.15, 0.2) is 60.7 Å². The molecule has 0 aliphatic carbocycles. The maximum Gasteiger partial charge on any atom is 0.416 e. The van der Waals surface area contributed by atoms with Gasteiger partial charge in [0.25, 0.3) is 5.91 Å². The zero-order valence-corrected chi connectivity index (χ0v) is 21.1. The molecule has 0 aliphatic heterocycles. The van der Waals surface area contributed by atoms with Crippen molar-refractivity contribution in [1.29, 1.82) is 0 Å². The van der Waals surface area contributed by atoms with Crippen LogP contribution in [0.5, 0.6) is 5.75 Å². The molecule has 0 spiro atoms. The van der Waals surface area contributed by atoms with E-state index in [1.807, 2.05) is 18.2 Å². The Hall–Kier alpha value is -3.33. The van der Waals surface area contributed by atoms with Gasteiger partial charge < -0.3 is 14.8 Å². The number of carbonyl (C=O) groups excluding carboxylic acids is 2. The van der Waals surface area contributed by atoms with E-state index < -0.39 is 11.7 Å². The van der Waals surface area contributed by atoms with Gasteiger partial charge >= 0.3 is 12.1 Å². The van der Waals surface area contributed by atoms with Gasteiger partial charge in [0.1, 0.15) is 5.75 Å². The second-order valence-corrected chi connectivity index (χ2v) is 10.2. The lowest BCUT2D eigenvalue weighted by Gasteiger charge is -2.24. The average Bonchev–Trinajstić information content (AvgIpc) is 3.30. The van der Waals surface area contributed by atoms with E-state index in [0.717, 1.165) is 22.6 Å². The fraction of sp³-hybridized carbons (Fsp3) is 0.333. The molecule has 3 rings (SSSR count). The largest absolute Gasteiger partial charge is 0.493 e. The highest BCUT2D eigenvalue weighted by Crippen LogP contribution is 2.32. The molecule has 9 heteroatoms. The smallest absolute Gasteiger partial charge is 0.416 e. The van der Waals surface area contributed by atoms with Crippen LogP contribution < -0.4 is 10.1 Å². The lowest BCUT2D eigenvalue weighted by molar-refractivity contribution is -0.140. The van der Waals surface area contributed by atoms with Crippen LogP contribution in [0, 0.1) is 5.41 Å². The summed E-state index contributed by atoms with van der Waals surface area (Å²) in [6.45, 7) is 4.79. The number of methoxy groups -OCH3 is 1. The fourth-order valence-electron chi connectivity index (χ4n) is 3.46. The highest BCUT2D eigenvalue weighted by Gasteiger charge is 2.30. The van der Waals surface area contributed by atoms with Crippen molar-refractivity contribution in [2.75, 3.05) is 20.3 Å². The molecular formula is C27H28F3NO4S. The van der Waals surface area contributed by atoms with Gasteiger partial charge in [0.15, 0.2) is 0 Å². The molecule has 1 amide bonds. The number of carbonyl (C=O) groups is 2. The average molecular weight is 520 g/mol. The summed E-state index contributed by atoms with van der Waals surface area (Å²) in [4.78, 5) is 25.0. The lowest BCUT2D eigenvalue weighted by Crippen LogP contribution is -2.25. The van der Waals surface area contributed by atoms with E-state index in [2.05, 4.69) is 23.9 Å². The van der Waals surface area contributed by atoms with Crippen molar-refractivity contribution >= 4 is 23.2 Å². The minimum absolute atomic E-state index is 0.121. The van der Waals surface area contributed by atoms with Gasteiger partial charge in [0, 0.05) is 16.8 Å². The van der Waals surface area contributed by atoms with Gasteiger partial charge in [-0.1, -0.05) is 38.1 Å². The summed E-state index contributed by atoms with van der Waals surface area (Å²) in [6.07, 6.45) is -3.53. The number of nitrogens with one attached hydrogen (secondary N) is 1. The first-order valence-electron chi connectivity index (χ1n) is 11.3. The van der Waals surface area contributed by atoms with Crippen molar-refractivity contribution in [3.8, 4) is 16.9 Å². The Morgan fingerprint density at radius 3 is 2.11 bits per heavy atom. The van der Waals surface area contributed by atoms with Gasteiger partial charge in [-0.15, -0.1) is 11.3 Å². The Bertz CT molecular complexity index is 1170. The van der Waals surface area contributed by atoms with Gasteiger partial charge in [0.2, 0.25) is 0 Å². The van der Waals surface area contributed by atoms with Gasteiger partial charge in [-0.2, -0.15) is 13.2 Å². The molecule has 2 aromatic carbocycles. The van der Waals surface area contributed by atoms with Crippen molar-refractivity contribution < 1.29 is 32.2 Å². The van der Waals surface area contributed by atoms with Crippen LogP contribution >= 0.6 is 11.3 Å². The number of amides is 1. The molecule has 1 N–H and O–H groups in total. The van der Waals surface area contributed by atoms with Crippen LogP contribution in [0.4, 0.5) is 13.2 Å². The summed E-state index contributed by atoms with van der Waals surface area (Å²) in [6, 6.07) is 16.0. The predicted molar refractivity (Wildman–Crippen MR) is 133 cm³/mol. The van der Waals surface area contributed by atoms with Crippen molar-refractivity contribution in [3.63, 3.8) is 0 Å². The molecule has 0 aliphatic rings. The first-order chi connectivity index (χ1) is 17.0. The zero-order chi connectivity index (χ0) is 26.3. The summed E-state index contributed by atoms with van der Waals surface area (Å²) in [5, 5.41) is 2.71. The molecule has 1 aromatic heterocycles. The molecule has 0 saturated carbocycles. The third-order valence-electron chi connectivity index (χ3n) is 5.41. The summed E-state index contributed by atoms with van der Waals surface area (Å²) < 4.78 is 48.8. The number of alkyl halides is 3. The monoisotopic (exact) mass is 519 g/mol. The third kappa shape index (κ3) is 7.84. The van der Waals surface area contributed by atoms with Crippen molar-refractivity contribution in [1.82, 2.24) is 5.32 Å². The molecule has 36 heavy (non-hydrogen) atoms. The molecule has 0 radical (unpaired) electrons. The summed E-state index contributed by atoms with van der Waals surface area (Å²) >= 11 is 1.40. The van der Waals surface area contributed by atoms with Crippen LogP contribution in [0.3, 0.4) is 0 Å². The highest BCUT2D eigenvalue weighted by atomic mass is 32.1. The van der Waals surface area contributed by atoms with E-state index in [4.69, 9.17) is 4.74 Å². The maximum absolute atomic E-state index is 12.8. The number of rotatable bonds is 10. The van der Waals surface area contributed by atoms with E-state index in [0.29, 0.717) is 29.2 Å². The summed E-state index contributed by atoms with van der Waals surface area (Å²) in [5.41, 5.74) is 0.602. The van der Waals surface area contributed by atoms with Crippen molar-refractivity contribution in [2.45, 2.75) is 32.9 Å². The maximum atomic E-state index is 12.8. The van der Waals surface area contributed by atoms with E-state index in [9.17, 15) is 22.8 Å². The van der Waals surface area contributed by atoms with Crippen molar-refractivity contribution in [3.05, 3.63) is 76.0 Å². The second-order valence-electron chi connectivity index (χ2n) is 9.08. The Labute approximate surface area is 212 Å². The molecule has 0 unspecified atom stereocenters. The number of ether oxygens (including phenoxy) is 2. The normalized spacial score (nSPS) is 11.7. The summed E-state index contributed by atoms with van der Waals surface area (Å²) in [7, 11) is 1.31. The predicted octanol–water partition coefficient (Wildman–Crippen LogP) is 6.37. The molecule has 5 nitrogen and oxygen atoms in total. The number of benzene rings is 2. The van der Waals surface area contributed by atoms with Crippen LogP contribution in [-0.4, -0.2) is 32.1 Å². The van der Waals surface area contributed by atoms with Crippen LogP contribution in [0.25, 0.3) is 11.1 Å². The van der Waals surface area contributed by atoms with Crippen molar-refractivity contribution in [2.24, 2.45) is 5.41 Å². The Kier molecular flexibility index (Phi) is 8.79. The number of halogens is 3. The van der Waals surface area contributed by atoms with E-state index in [-0.39, 0.29) is 30.3 Å². The molecule has 3 aromatic rings. The van der Waals surface area contributed by atoms with E-state index >= 15 is 0 Å². The minimum Gasteiger partial charge on any atom is -0.493 e. The zero-order valence-electron chi connectivity index (χ0n) is 20.3. The molecule has 192 valence electrons. The molecular weight excluding hydrogens is 491 g/mol. The second kappa shape index (κ2) is 11.6. The van der Waals surface area contributed by atoms with Crippen LogP contribution in [0.2, 0.25) is 0 Å². The van der Waals surface area contributed by atoms with E-state index in [1.165, 1.54) is 30.6 Å². The first-order valence-corrected chi connectivity index (χ1v) is 12.1. The Morgan fingerprint density at radius 1 is 0.917 bits per heavy atom. The SMILES string of the molecule is COC(=O)CCNC(=O)c1ccc(CC(C)(C)COc2ccc(-c3ccc(C(F)(F)F)cc3)cc2)s1. The van der Waals surface area contributed by atoms with Gasteiger partial charge in [-0.05, 0) is 53.9 Å². The van der Waals surface area contributed by atoms with Gasteiger partial charge in [0.05, 0.1) is 30.6 Å². The molecule has 0 atom stereocenters. The Morgan fingerprint density at radius 2 is 1.53 bits per heavy atom. The molecule has 0 fully saturated rings. The lowest BCUT2D eigenvalue weighted by atomic mass is 9.90. The molecule has 1 heterocycles. The number of hydrogen-bond donors (Lipinski definition) is 1. The van der Waals surface area contributed by atoms with Gasteiger partial charge in [-0.25, -0.2) is 0 Å². The van der Waals surface area contributed by atoms with Gasteiger partial charge in [-0.3, -0.25) is 9.59 Å². The topological polar surface area (TPSA) is 64.6 Å². The number of hydrogen-bond acceptors (Lipinski definition) is 5. The summed E-state index contributed by atoms with van der Waals surface area (Å²) in [5.74, 6) is 0.0612. The third-order valence-corrected chi connectivity index (χ3v) is 6.49. The highest BCUT2D eigenvalue weighted by molar-refractivity contribution is 7.14. The number of thiophene rings is 1. The minimum atomic E-state index is -4.36. The fourth-order valence-corrected chi connectivity index (χ4v) is 4.64. The first kappa shape index (κ1) is 27.3. The molecule has 0 bridgehead atoms. The van der Waals surface area contributed by atoms with Crippen LogP contribution in [0.1, 0.15) is 40.4 Å². The quantitative estimate of drug-likeness (QED) is 0.316. The standard InChI is InChI=1S/C27H28F3NO4S/c1-26(2,16-22-12-13-23(36-22)25(33)31-15-14-24(32)34-3)17-35-21-10-6-19(7-11-21)18-4-8-20(9-5-18)27(28,29)30/h4-13H,14-17H2,1-3H3,(H,31,33). The van der Waals surface area contributed by atoms with E-state index in [1.54, 1.807) is 18.2 Å². The number of esters is 1. The molecule has 0 saturated heterocycles. The Balaban J connectivity index is 1.52.